The molecule has 120 valence electrons. The average molecular weight is 393 g/mol. The SMILES string of the molecule is Cc1cccc(C=C2CCN(Sc3ccc(Br)cc3F)CC2)n1. The number of rotatable bonds is 3. The number of halogens is 2. The van der Waals surface area contributed by atoms with Crippen LogP contribution in [0, 0.1) is 12.7 Å². The zero-order chi connectivity index (χ0) is 16.2. The van der Waals surface area contributed by atoms with Crippen molar-refractivity contribution < 1.29 is 4.39 Å². The van der Waals surface area contributed by atoms with Gasteiger partial charge in [-0.15, -0.1) is 0 Å². The van der Waals surface area contributed by atoms with E-state index >= 15 is 0 Å². The third-order valence-corrected chi connectivity index (χ3v) is 5.39. The third-order valence-electron chi connectivity index (χ3n) is 3.75. The Bertz CT molecular complexity index is 723. The van der Waals surface area contributed by atoms with Crippen molar-refractivity contribution >= 4 is 34.0 Å². The van der Waals surface area contributed by atoms with Gasteiger partial charge in [0.2, 0.25) is 0 Å². The molecule has 0 spiro atoms. The van der Waals surface area contributed by atoms with Gasteiger partial charge in [-0.2, -0.15) is 0 Å². The first kappa shape index (κ1) is 16.7. The predicted octanol–water partition coefficient (Wildman–Crippen LogP) is 5.48. The summed E-state index contributed by atoms with van der Waals surface area (Å²) in [5.74, 6) is -0.172. The summed E-state index contributed by atoms with van der Waals surface area (Å²) in [6.07, 6.45) is 4.19. The molecule has 0 aliphatic carbocycles. The second kappa shape index (κ2) is 7.60. The monoisotopic (exact) mass is 392 g/mol. The van der Waals surface area contributed by atoms with Crippen molar-refractivity contribution in [1.82, 2.24) is 9.29 Å². The zero-order valence-corrected chi connectivity index (χ0v) is 15.3. The second-order valence-electron chi connectivity index (χ2n) is 5.60. The molecule has 0 bridgehead atoms. The molecule has 1 fully saturated rings. The highest BCUT2D eigenvalue weighted by molar-refractivity contribution is 9.10. The Balaban J connectivity index is 1.60. The largest absolute Gasteiger partial charge is 0.254 e. The molecule has 1 aromatic carbocycles. The van der Waals surface area contributed by atoms with E-state index in [1.807, 2.05) is 37.3 Å². The number of aryl methyl sites for hydroxylation is 1. The lowest BCUT2D eigenvalue weighted by Gasteiger charge is -2.27. The first-order valence-electron chi connectivity index (χ1n) is 7.61. The van der Waals surface area contributed by atoms with Gasteiger partial charge in [-0.05, 0) is 68.1 Å². The highest BCUT2D eigenvalue weighted by Gasteiger charge is 2.16. The summed E-state index contributed by atoms with van der Waals surface area (Å²) in [7, 11) is 0. The van der Waals surface area contributed by atoms with E-state index in [2.05, 4.69) is 31.3 Å². The minimum Gasteiger partial charge on any atom is -0.254 e. The average Bonchev–Trinajstić information content (AvgIpc) is 2.52. The summed E-state index contributed by atoms with van der Waals surface area (Å²) >= 11 is 4.79. The summed E-state index contributed by atoms with van der Waals surface area (Å²) in [5.41, 5.74) is 3.48. The van der Waals surface area contributed by atoms with Gasteiger partial charge in [0.15, 0.2) is 0 Å². The smallest absolute Gasteiger partial charge is 0.139 e. The summed E-state index contributed by atoms with van der Waals surface area (Å²) < 4.78 is 16.9. The van der Waals surface area contributed by atoms with E-state index in [1.165, 1.54) is 23.6 Å². The Kier molecular flexibility index (Phi) is 5.51. The van der Waals surface area contributed by atoms with Crippen molar-refractivity contribution in [2.45, 2.75) is 24.7 Å². The molecule has 1 aliphatic rings. The number of piperidine rings is 1. The third kappa shape index (κ3) is 4.66. The number of hydrogen-bond donors (Lipinski definition) is 0. The normalized spacial score (nSPS) is 15.7. The van der Waals surface area contributed by atoms with Crippen molar-refractivity contribution in [3.05, 3.63) is 63.6 Å². The maximum atomic E-state index is 13.9. The van der Waals surface area contributed by atoms with Gasteiger partial charge in [0.1, 0.15) is 5.82 Å². The van der Waals surface area contributed by atoms with Crippen molar-refractivity contribution in [2.24, 2.45) is 0 Å². The molecule has 0 amide bonds. The summed E-state index contributed by atoms with van der Waals surface area (Å²) in [6, 6.07) is 11.3. The van der Waals surface area contributed by atoms with Gasteiger partial charge in [0.05, 0.1) is 10.6 Å². The number of hydrogen-bond acceptors (Lipinski definition) is 3. The van der Waals surface area contributed by atoms with E-state index in [4.69, 9.17) is 0 Å². The molecule has 0 unspecified atom stereocenters. The Morgan fingerprint density at radius 2 is 2.00 bits per heavy atom. The quantitative estimate of drug-likeness (QED) is 0.643. The highest BCUT2D eigenvalue weighted by Crippen LogP contribution is 2.31. The van der Waals surface area contributed by atoms with Crippen molar-refractivity contribution in [3.63, 3.8) is 0 Å². The van der Waals surface area contributed by atoms with E-state index in [9.17, 15) is 4.39 Å². The fourth-order valence-corrected chi connectivity index (χ4v) is 3.80. The van der Waals surface area contributed by atoms with Gasteiger partial charge in [-0.1, -0.05) is 27.6 Å². The van der Waals surface area contributed by atoms with E-state index in [-0.39, 0.29) is 5.82 Å². The second-order valence-corrected chi connectivity index (χ2v) is 7.66. The minimum atomic E-state index is -0.172. The van der Waals surface area contributed by atoms with Crippen LogP contribution in [0.2, 0.25) is 0 Å². The molecule has 2 aromatic rings. The molecular formula is C18H18BrFN2S. The molecule has 1 aliphatic heterocycles. The maximum absolute atomic E-state index is 13.9. The van der Waals surface area contributed by atoms with Gasteiger partial charge < -0.3 is 0 Å². The van der Waals surface area contributed by atoms with Crippen LogP contribution in [-0.4, -0.2) is 22.4 Å². The Hall–Kier alpha value is -1.17. The molecule has 0 radical (unpaired) electrons. The van der Waals surface area contributed by atoms with Crippen LogP contribution in [0.25, 0.3) is 6.08 Å². The first-order valence-corrected chi connectivity index (χ1v) is 9.18. The lowest BCUT2D eigenvalue weighted by molar-refractivity contribution is 0.434. The Labute approximate surface area is 149 Å². The molecule has 1 aromatic heterocycles. The van der Waals surface area contributed by atoms with Gasteiger partial charge in [0, 0.05) is 23.3 Å². The molecule has 5 heteroatoms. The van der Waals surface area contributed by atoms with Crippen LogP contribution in [0.1, 0.15) is 24.2 Å². The van der Waals surface area contributed by atoms with Crippen LogP contribution >= 0.6 is 27.9 Å². The summed E-state index contributed by atoms with van der Waals surface area (Å²) in [5, 5.41) is 0. The molecular weight excluding hydrogens is 375 g/mol. The van der Waals surface area contributed by atoms with E-state index in [1.54, 1.807) is 0 Å². The number of pyridine rings is 1. The van der Waals surface area contributed by atoms with Crippen LogP contribution in [0.4, 0.5) is 4.39 Å². The van der Waals surface area contributed by atoms with Crippen LogP contribution in [-0.2, 0) is 0 Å². The highest BCUT2D eigenvalue weighted by atomic mass is 79.9. The minimum absolute atomic E-state index is 0.172. The van der Waals surface area contributed by atoms with Crippen molar-refractivity contribution in [2.75, 3.05) is 13.1 Å². The van der Waals surface area contributed by atoms with Crippen molar-refractivity contribution in [1.29, 1.82) is 0 Å². The molecule has 23 heavy (non-hydrogen) atoms. The Morgan fingerprint density at radius 3 is 2.70 bits per heavy atom. The lowest BCUT2D eigenvalue weighted by atomic mass is 10.0. The van der Waals surface area contributed by atoms with Crippen molar-refractivity contribution in [3.8, 4) is 0 Å². The van der Waals surface area contributed by atoms with Crippen LogP contribution in [0.5, 0.6) is 0 Å². The van der Waals surface area contributed by atoms with E-state index in [0.717, 1.165) is 41.8 Å². The maximum Gasteiger partial charge on any atom is 0.139 e. The molecule has 1 saturated heterocycles. The first-order chi connectivity index (χ1) is 11.1. The number of nitrogens with zero attached hydrogens (tertiary/aromatic N) is 2. The Morgan fingerprint density at radius 1 is 1.22 bits per heavy atom. The standard InChI is InChI=1S/C18H18BrFN2S/c1-13-3-2-4-16(21-13)11-14-7-9-22(10-8-14)23-18-6-5-15(19)12-17(18)20/h2-6,11-12H,7-10H2,1H3. The number of benzene rings is 1. The molecule has 0 atom stereocenters. The summed E-state index contributed by atoms with van der Waals surface area (Å²) in [6.45, 7) is 3.86. The molecule has 0 N–H and O–H groups in total. The summed E-state index contributed by atoms with van der Waals surface area (Å²) in [4.78, 5) is 5.21. The molecule has 0 saturated carbocycles. The van der Waals surface area contributed by atoms with Gasteiger partial charge in [-0.3, -0.25) is 4.98 Å². The molecule has 2 heterocycles. The van der Waals surface area contributed by atoms with Gasteiger partial charge in [0.25, 0.3) is 0 Å². The van der Waals surface area contributed by atoms with E-state index < -0.39 is 0 Å². The molecule has 3 rings (SSSR count). The molecule has 2 nitrogen and oxygen atoms in total. The van der Waals surface area contributed by atoms with Gasteiger partial charge >= 0.3 is 0 Å². The fraction of sp³-hybridized carbons (Fsp3) is 0.278. The number of aromatic nitrogens is 1. The van der Waals surface area contributed by atoms with Gasteiger partial charge in [-0.25, -0.2) is 8.70 Å². The fourth-order valence-electron chi connectivity index (χ4n) is 2.55. The predicted molar refractivity (Wildman–Crippen MR) is 97.7 cm³/mol. The van der Waals surface area contributed by atoms with Crippen LogP contribution in [0.15, 0.2) is 51.3 Å². The van der Waals surface area contributed by atoms with E-state index in [0.29, 0.717) is 4.90 Å². The zero-order valence-electron chi connectivity index (χ0n) is 12.9. The lowest BCUT2D eigenvalue weighted by Crippen LogP contribution is -2.24. The van der Waals surface area contributed by atoms with Crippen LogP contribution in [0.3, 0.4) is 0 Å². The topological polar surface area (TPSA) is 16.1 Å². The van der Waals surface area contributed by atoms with Crippen LogP contribution < -0.4 is 0 Å².